The first kappa shape index (κ1) is 22.6. The Morgan fingerprint density at radius 2 is 1.55 bits per heavy atom. The number of rotatable bonds is 6. The lowest BCUT2D eigenvalue weighted by molar-refractivity contribution is -0.137. The predicted molar refractivity (Wildman–Crippen MR) is 112 cm³/mol. The number of hydrogen-bond acceptors (Lipinski definition) is 3. The van der Waals surface area contributed by atoms with E-state index in [9.17, 15) is 26.4 Å². The van der Waals surface area contributed by atoms with Gasteiger partial charge in [0.25, 0.3) is 10.0 Å². The fraction of sp³-hybridized carbons (Fsp3) is 0.0952. The Labute approximate surface area is 181 Å². The fourth-order valence-corrected chi connectivity index (χ4v) is 3.86. The molecule has 1 amide bonds. The van der Waals surface area contributed by atoms with Gasteiger partial charge >= 0.3 is 6.18 Å². The van der Waals surface area contributed by atoms with Crippen LogP contribution in [0.15, 0.2) is 77.7 Å². The average Bonchev–Trinajstić information content (AvgIpc) is 2.69. The first-order valence-corrected chi connectivity index (χ1v) is 10.7. The molecule has 31 heavy (non-hydrogen) atoms. The highest BCUT2D eigenvalue weighted by Gasteiger charge is 2.30. The maximum atomic E-state index is 12.8. The zero-order chi connectivity index (χ0) is 22.6. The summed E-state index contributed by atoms with van der Waals surface area (Å²) in [6, 6.07) is 15.9. The molecule has 0 fully saturated rings. The van der Waals surface area contributed by atoms with Gasteiger partial charge in [0.05, 0.1) is 16.9 Å². The lowest BCUT2D eigenvalue weighted by Gasteiger charge is -2.12. The number of anilines is 2. The maximum absolute atomic E-state index is 12.8. The highest BCUT2D eigenvalue weighted by molar-refractivity contribution is 7.92. The zero-order valence-electron chi connectivity index (χ0n) is 15.8. The molecule has 5 nitrogen and oxygen atoms in total. The third kappa shape index (κ3) is 6.22. The molecule has 10 heteroatoms. The van der Waals surface area contributed by atoms with Gasteiger partial charge in [-0.15, -0.1) is 0 Å². The molecule has 3 aromatic rings. The SMILES string of the molecule is O=C(Cc1ccc(Cl)cc1)Nc1ccc(S(=O)(=O)Nc2cccc(C(F)(F)F)c2)cc1. The molecule has 0 aliphatic carbocycles. The molecule has 0 aromatic heterocycles. The van der Waals surface area contributed by atoms with Gasteiger partial charge in [0, 0.05) is 16.4 Å². The number of carbonyl (C=O) groups is 1. The molecule has 0 bridgehead atoms. The number of hydrogen-bond donors (Lipinski definition) is 2. The third-order valence-electron chi connectivity index (χ3n) is 4.17. The third-order valence-corrected chi connectivity index (χ3v) is 5.82. The van der Waals surface area contributed by atoms with Gasteiger partial charge in [-0.3, -0.25) is 9.52 Å². The van der Waals surface area contributed by atoms with Gasteiger partial charge in [-0.1, -0.05) is 29.8 Å². The normalized spacial score (nSPS) is 11.7. The van der Waals surface area contributed by atoms with E-state index in [0.717, 1.165) is 17.7 Å². The number of nitrogens with one attached hydrogen (secondary N) is 2. The first-order valence-electron chi connectivity index (χ1n) is 8.87. The Bertz CT molecular complexity index is 1180. The second-order valence-electron chi connectivity index (χ2n) is 6.56. The molecule has 162 valence electrons. The molecule has 2 N–H and O–H groups in total. The van der Waals surface area contributed by atoms with Crippen LogP contribution >= 0.6 is 11.6 Å². The quantitative estimate of drug-likeness (QED) is 0.512. The second-order valence-corrected chi connectivity index (χ2v) is 8.68. The van der Waals surface area contributed by atoms with Crippen LogP contribution in [0.5, 0.6) is 0 Å². The van der Waals surface area contributed by atoms with Crippen LogP contribution in [-0.2, 0) is 27.4 Å². The van der Waals surface area contributed by atoms with Gasteiger partial charge in [0.15, 0.2) is 0 Å². The molecule has 0 radical (unpaired) electrons. The molecular weight excluding hydrogens is 453 g/mol. The van der Waals surface area contributed by atoms with Crippen molar-refractivity contribution >= 4 is 38.9 Å². The van der Waals surface area contributed by atoms with Crippen molar-refractivity contribution in [1.29, 1.82) is 0 Å². The van der Waals surface area contributed by atoms with Crippen molar-refractivity contribution in [3.8, 4) is 0 Å². The van der Waals surface area contributed by atoms with Crippen LogP contribution in [0.25, 0.3) is 0 Å². The Kier molecular flexibility index (Phi) is 6.56. The zero-order valence-corrected chi connectivity index (χ0v) is 17.4. The summed E-state index contributed by atoms with van der Waals surface area (Å²) in [4.78, 5) is 12.0. The maximum Gasteiger partial charge on any atom is 0.416 e. The standard InChI is InChI=1S/C21H16ClF3N2O3S/c22-16-6-4-14(5-7-16)12-20(28)26-17-8-10-19(11-9-17)31(29,30)27-18-3-1-2-15(13-18)21(23,24)25/h1-11,13,27H,12H2,(H,26,28). The van der Waals surface area contributed by atoms with E-state index in [2.05, 4.69) is 10.0 Å². The monoisotopic (exact) mass is 468 g/mol. The summed E-state index contributed by atoms with van der Waals surface area (Å²) in [5.74, 6) is -0.306. The van der Waals surface area contributed by atoms with E-state index in [0.29, 0.717) is 16.8 Å². The number of halogens is 4. The fourth-order valence-electron chi connectivity index (χ4n) is 2.68. The molecule has 0 unspecified atom stereocenters. The summed E-state index contributed by atoms with van der Waals surface area (Å²) in [5.41, 5.74) is -0.0509. The molecule has 3 rings (SSSR count). The van der Waals surface area contributed by atoms with Crippen molar-refractivity contribution in [2.75, 3.05) is 10.0 Å². The lowest BCUT2D eigenvalue weighted by atomic mass is 10.1. The molecule has 0 saturated heterocycles. The number of carbonyl (C=O) groups excluding carboxylic acids is 1. The number of sulfonamides is 1. The minimum absolute atomic E-state index is 0.105. The summed E-state index contributed by atoms with van der Waals surface area (Å²) in [7, 11) is -4.12. The van der Waals surface area contributed by atoms with E-state index >= 15 is 0 Å². The Morgan fingerprint density at radius 1 is 0.903 bits per heavy atom. The highest BCUT2D eigenvalue weighted by Crippen LogP contribution is 2.31. The van der Waals surface area contributed by atoms with E-state index in [1.54, 1.807) is 24.3 Å². The minimum atomic E-state index is -4.59. The van der Waals surface area contributed by atoms with Gasteiger partial charge < -0.3 is 5.32 Å². The molecule has 3 aromatic carbocycles. The van der Waals surface area contributed by atoms with Crippen LogP contribution in [0.4, 0.5) is 24.5 Å². The largest absolute Gasteiger partial charge is 0.416 e. The van der Waals surface area contributed by atoms with E-state index in [1.165, 1.54) is 30.3 Å². The number of amides is 1. The summed E-state index contributed by atoms with van der Waals surface area (Å²) in [6.07, 6.45) is -4.48. The van der Waals surface area contributed by atoms with Crippen molar-refractivity contribution in [2.24, 2.45) is 0 Å². The Balaban J connectivity index is 1.67. The van der Waals surface area contributed by atoms with Crippen molar-refractivity contribution in [2.45, 2.75) is 17.5 Å². The van der Waals surface area contributed by atoms with Crippen molar-refractivity contribution in [3.05, 3.63) is 88.9 Å². The van der Waals surface area contributed by atoms with E-state index in [1.807, 2.05) is 0 Å². The van der Waals surface area contributed by atoms with Crippen molar-refractivity contribution < 1.29 is 26.4 Å². The number of benzene rings is 3. The average molecular weight is 469 g/mol. The van der Waals surface area contributed by atoms with Gasteiger partial charge in [-0.2, -0.15) is 13.2 Å². The second kappa shape index (κ2) is 8.99. The Hall–Kier alpha value is -3.04. The topological polar surface area (TPSA) is 75.3 Å². The van der Waals surface area contributed by atoms with Crippen LogP contribution in [-0.4, -0.2) is 14.3 Å². The molecule has 0 aliphatic rings. The highest BCUT2D eigenvalue weighted by atomic mass is 35.5. The van der Waals surface area contributed by atoms with Gasteiger partial charge in [-0.25, -0.2) is 8.42 Å². The summed E-state index contributed by atoms with van der Waals surface area (Å²) in [6.45, 7) is 0. The van der Waals surface area contributed by atoms with Crippen LogP contribution in [0.1, 0.15) is 11.1 Å². The predicted octanol–water partition coefficient (Wildman–Crippen LogP) is 5.34. The summed E-state index contributed by atoms with van der Waals surface area (Å²) < 4.78 is 65.5. The molecule has 0 spiro atoms. The van der Waals surface area contributed by atoms with Crippen molar-refractivity contribution in [3.63, 3.8) is 0 Å². The van der Waals surface area contributed by atoms with Crippen LogP contribution < -0.4 is 10.0 Å². The first-order chi connectivity index (χ1) is 14.5. The smallest absolute Gasteiger partial charge is 0.326 e. The van der Waals surface area contributed by atoms with Crippen molar-refractivity contribution in [1.82, 2.24) is 0 Å². The molecular formula is C21H16ClF3N2O3S. The van der Waals surface area contributed by atoms with E-state index < -0.39 is 21.8 Å². The van der Waals surface area contributed by atoms with Gasteiger partial charge in [0.1, 0.15) is 0 Å². The van der Waals surface area contributed by atoms with E-state index in [4.69, 9.17) is 11.6 Å². The minimum Gasteiger partial charge on any atom is -0.326 e. The molecule has 0 heterocycles. The Morgan fingerprint density at radius 3 is 2.16 bits per heavy atom. The van der Waals surface area contributed by atoms with Gasteiger partial charge in [0.2, 0.25) is 5.91 Å². The van der Waals surface area contributed by atoms with Crippen LogP contribution in [0.3, 0.4) is 0 Å². The number of alkyl halides is 3. The lowest BCUT2D eigenvalue weighted by Crippen LogP contribution is -2.15. The molecule has 0 aliphatic heterocycles. The summed E-state index contributed by atoms with van der Waals surface area (Å²) >= 11 is 5.80. The summed E-state index contributed by atoms with van der Waals surface area (Å²) in [5, 5.41) is 3.20. The van der Waals surface area contributed by atoms with Crippen LogP contribution in [0, 0.1) is 0 Å². The van der Waals surface area contributed by atoms with E-state index in [-0.39, 0.29) is 22.9 Å². The van der Waals surface area contributed by atoms with Crippen LogP contribution in [0.2, 0.25) is 5.02 Å². The van der Waals surface area contributed by atoms with Gasteiger partial charge in [-0.05, 0) is 60.2 Å². The molecule has 0 saturated carbocycles. The molecule has 0 atom stereocenters.